The van der Waals surface area contributed by atoms with Crippen LogP contribution in [0.1, 0.15) is 31.9 Å². The third-order valence-corrected chi connectivity index (χ3v) is 3.72. The number of alkyl halides is 3. The van der Waals surface area contributed by atoms with Crippen LogP contribution in [0.5, 0.6) is 0 Å². The van der Waals surface area contributed by atoms with Crippen LogP contribution in [0.2, 0.25) is 0 Å². The molecule has 0 aliphatic rings. The van der Waals surface area contributed by atoms with Gasteiger partial charge in [0.1, 0.15) is 22.4 Å². The molecule has 2 nitrogen and oxygen atoms in total. The van der Waals surface area contributed by atoms with Gasteiger partial charge in [0.05, 0.1) is 4.90 Å². The second-order valence-electron chi connectivity index (χ2n) is 5.19. The molecule has 0 radical (unpaired) electrons. The van der Waals surface area contributed by atoms with E-state index >= 15 is 0 Å². The Balaban J connectivity index is 3.37. The minimum absolute atomic E-state index is 0.135. The van der Waals surface area contributed by atoms with Crippen LogP contribution >= 0.6 is 0 Å². The summed E-state index contributed by atoms with van der Waals surface area (Å²) in [5.41, 5.74) is -2.26. The third-order valence-electron chi connectivity index (χ3n) is 2.18. The molecule has 0 fully saturated rings. The number of aryl methyl sites for hydroxylation is 1. The summed E-state index contributed by atoms with van der Waals surface area (Å²) in [7, 11) is -2.14. The fourth-order valence-corrected chi connectivity index (χ4v) is 2.66. The van der Waals surface area contributed by atoms with E-state index in [1.807, 2.05) is 0 Å². The van der Waals surface area contributed by atoms with Crippen molar-refractivity contribution in [3.05, 3.63) is 29.1 Å². The monoisotopic (exact) mass is 297 g/mol. The molecule has 0 bridgehead atoms. The SMILES string of the molecule is Cc1ccc(S(=O)NC(C)(C)C)c(C(F)(F)F)c1F. The Hall–Kier alpha value is -0.950. The van der Waals surface area contributed by atoms with E-state index in [1.54, 1.807) is 20.8 Å². The van der Waals surface area contributed by atoms with Gasteiger partial charge in [-0.1, -0.05) is 6.07 Å². The highest BCUT2D eigenvalue weighted by Gasteiger charge is 2.39. The number of nitrogens with one attached hydrogen (secondary N) is 1. The highest BCUT2D eigenvalue weighted by molar-refractivity contribution is 7.83. The number of rotatable bonds is 2. The summed E-state index contributed by atoms with van der Waals surface area (Å²) < 4.78 is 66.7. The average molecular weight is 297 g/mol. The van der Waals surface area contributed by atoms with Crippen LogP contribution in [0.25, 0.3) is 0 Å². The molecule has 0 heterocycles. The van der Waals surface area contributed by atoms with E-state index in [4.69, 9.17) is 0 Å². The largest absolute Gasteiger partial charge is 0.420 e. The van der Waals surface area contributed by atoms with Crippen molar-refractivity contribution in [1.82, 2.24) is 4.72 Å². The molecule has 0 aromatic heterocycles. The maximum absolute atomic E-state index is 13.7. The molecule has 1 atom stereocenters. The predicted molar refractivity (Wildman–Crippen MR) is 65.4 cm³/mol. The number of hydrogen-bond acceptors (Lipinski definition) is 1. The molecule has 0 aliphatic carbocycles. The quantitative estimate of drug-likeness (QED) is 0.831. The first kappa shape index (κ1) is 16.1. The van der Waals surface area contributed by atoms with Gasteiger partial charge < -0.3 is 0 Å². The lowest BCUT2D eigenvalue weighted by Crippen LogP contribution is -2.37. The maximum Gasteiger partial charge on any atom is 0.420 e. The van der Waals surface area contributed by atoms with Crippen molar-refractivity contribution in [3.63, 3.8) is 0 Å². The average Bonchev–Trinajstić information content (AvgIpc) is 2.17. The van der Waals surface area contributed by atoms with Crippen LogP contribution in [0, 0.1) is 12.7 Å². The maximum atomic E-state index is 13.7. The molecule has 0 aliphatic heterocycles. The van der Waals surface area contributed by atoms with E-state index in [0.29, 0.717) is 0 Å². The molecular weight excluding hydrogens is 282 g/mol. The highest BCUT2D eigenvalue weighted by atomic mass is 32.2. The van der Waals surface area contributed by atoms with Gasteiger partial charge in [0.2, 0.25) is 0 Å². The molecule has 108 valence electrons. The summed E-state index contributed by atoms with van der Waals surface area (Å²) in [5, 5.41) is 0. The van der Waals surface area contributed by atoms with E-state index in [-0.39, 0.29) is 5.56 Å². The van der Waals surface area contributed by atoms with E-state index < -0.39 is 39.0 Å². The summed E-state index contributed by atoms with van der Waals surface area (Å²) in [6.07, 6.45) is -4.89. The topological polar surface area (TPSA) is 29.1 Å². The van der Waals surface area contributed by atoms with Crippen molar-refractivity contribution < 1.29 is 21.8 Å². The van der Waals surface area contributed by atoms with Crippen LogP contribution in [0.15, 0.2) is 17.0 Å². The smallest absolute Gasteiger partial charge is 0.237 e. The van der Waals surface area contributed by atoms with Crippen LogP contribution in [0.3, 0.4) is 0 Å². The Morgan fingerprint density at radius 3 is 2.11 bits per heavy atom. The zero-order valence-electron chi connectivity index (χ0n) is 11.0. The Bertz CT molecular complexity index is 506. The van der Waals surface area contributed by atoms with Crippen LogP contribution in [-0.2, 0) is 17.2 Å². The van der Waals surface area contributed by atoms with Gasteiger partial charge in [0.25, 0.3) is 0 Å². The minimum atomic E-state index is -4.89. The van der Waals surface area contributed by atoms with Gasteiger partial charge >= 0.3 is 6.18 Å². The van der Waals surface area contributed by atoms with Crippen molar-refractivity contribution >= 4 is 11.0 Å². The van der Waals surface area contributed by atoms with Gasteiger partial charge in [-0.2, -0.15) is 13.2 Å². The van der Waals surface area contributed by atoms with Crippen molar-refractivity contribution in [1.29, 1.82) is 0 Å². The van der Waals surface area contributed by atoms with Crippen molar-refractivity contribution in [2.45, 2.75) is 44.3 Å². The van der Waals surface area contributed by atoms with Gasteiger partial charge in [-0.15, -0.1) is 0 Å². The fourth-order valence-electron chi connectivity index (χ4n) is 1.41. The number of halogens is 4. The summed E-state index contributed by atoms with van der Waals surface area (Å²) in [6.45, 7) is 6.20. The predicted octanol–water partition coefficient (Wildman–Crippen LogP) is 3.56. The van der Waals surface area contributed by atoms with E-state index in [1.165, 1.54) is 13.0 Å². The summed E-state index contributed by atoms with van der Waals surface area (Å²) >= 11 is 0. The second kappa shape index (κ2) is 5.20. The summed E-state index contributed by atoms with van der Waals surface area (Å²) in [4.78, 5) is -0.592. The Labute approximate surface area is 111 Å². The van der Waals surface area contributed by atoms with Gasteiger partial charge in [0.15, 0.2) is 0 Å². The van der Waals surface area contributed by atoms with Gasteiger partial charge in [-0.25, -0.2) is 13.3 Å². The van der Waals surface area contributed by atoms with Gasteiger partial charge in [0, 0.05) is 5.54 Å². The zero-order valence-corrected chi connectivity index (χ0v) is 11.8. The molecule has 0 amide bonds. The summed E-state index contributed by atoms with van der Waals surface area (Å²) in [6, 6.07) is 2.22. The van der Waals surface area contributed by atoms with Crippen LogP contribution in [0.4, 0.5) is 17.6 Å². The molecule has 1 aromatic carbocycles. The third kappa shape index (κ3) is 4.01. The second-order valence-corrected chi connectivity index (χ2v) is 6.37. The molecule has 0 saturated carbocycles. The standard InChI is InChI=1S/C12H15F4NOS/c1-7-5-6-8(19(18)17-11(2,3)4)9(10(7)13)12(14,15)16/h5-6,17H,1-4H3. The number of benzene rings is 1. The van der Waals surface area contributed by atoms with E-state index in [9.17, 15) is 21.8 Å². The Morgan fingerprint density at radius 2 is 1.68 bits per heavy atom. The zero-order chi connectivity index (χ0) is 15.0. The van der Waals surface area contributed by atoms with E-state index in [0.717, 1.165) is 6.07 Å². The first-order valence-electron chi connectivity index (χ1n) is 5.49. The first-order valence-corrected chi connectivity index (χ1v) is 6.64. The fraction of sp³-hybridized carbons (Fsp3) is 0.500. The molecule has 7 heteroatoms. The lowest BCUT2D eigenvalue weighted by molar-refractivity contribution is -0.142. The van der Waals surface area contributed by atoms with Gasteiger partial charge in [-0.05, 0) is 39.3 Å². The van der Waals surface area contributed by atoms with Crippen molar-refractivity contribution in [2.24, 2.45) is 0 Å². The van der Waals surface area contributed by atoms with Gasteiger partial charge in [-0.3, -0.25) is 0 Å². The number of hydrogen-bond donors (Lipinski definition) is 1. The highest BCUT2D eigenvalue weighted by Crippen LogP contribution is 2.36. The van der Waals surface area contributed by atoms with E-state index in [2.05, 4.69) is 4.72 Å². The van der Waals surface area contributed by atoms with Crippen molar-refractivity contribution in [3.8, 4) is 0 Å². The Kier molecular flexibility index (Phi) is 4.41. The molecule has 19 heavy (non-hydrogen) atoms. The minimum Gasteiger partial charge on any atom is -0.237 e. The molecule has 1 N–H and O–H groups in total. The van der Waals surface area contributed by atoms with Crippen LogP contribution in [-0.4, -0.2) is 9.75 Å². The molecular formula is C12H15F4NOS. The van der Waals surface area contributed by atoms with Crippen LogP contribution < -0.4 is 4.72 Å². The normalized spacial score (nSPS) is 14.5. The first-order chi connectivity index (χ1) is 8.43. The van der Waals surface area contributed by atoms with Crippen molar-refractivity contribution in [2.75, 3.05) is 0 Å². The molecule has 1 aromatic rings. The lowest BCUT2D eigenvalue weighted by atomic mass is 10.1. The lowest BCUT2D eigenvalue weighted by Gasteiger charge is -2.21. The molecule has 1 unspecified atom stereocenters. The molecule has 0 saturated heterocycles. The summed E-state index contributed by atoms with van der Waals surface area (Å²) in [5.74, 6) is -1.38. The molecule has 0 spiro atoms. The Morgan fingerprint density at radius 1 is 1.16 bits per heavy atom. The molecule has 1 rings (SSSR count).